The number of rotatable bonds is 5. The maximum absolute atomic E-state index is 11.9. The predicted octanol–water partition coefficient (Wildman–Crippen LogP) is 4.55. The summed E-state index contributed by atoms with van der Waals surface area (Å²) in [6, 6.07) is 13.3. The zero-order valence-corrected chi connectivity index (χ0v) is 16.6. The molecule has 8 heteroatoms. The Morgan fingerprint density at radius 1 is 1.12 bits per heavy atom. The van der Waals surface area contributed by atoms with Crippen LogP contribution in [-0.4, -0.2) is 16.8 Å². The normalized spacial score (nSPS) is 10.2. The minimum absolute atomic E-state index is 0.167. The first kappa shape index (κ1) is 19.8. The highest BCUT2D eigenvalue weighted by molar-refractivity contribution is 7.99. The fraction of sp³-hybridized carbons (Fsp3) is 0.176. The molecule has 0 saturated heterocycles. The highest BCUT2D eigenvalue weighted by Gasteiger charge is 2.07. The van der Waals surface area contributed by atoms with Gasteiger partial charge in [-0.05, 0) is 42.4 Å². The van der Waals surface area contributed by atoms with E-state index in [-0.39, 0.29) is 11.0 Å². The third-order valence-corrected chi connectivity index (χ3v) is 5.27. The molecule has 132 valence electrons. The molecule has 0 fully saturated rings. The van der Waals surface area contributed by atoms with E-state index in [1.54, 1.807) is 18.2 Å². The van der Waals surface area contributed by atoms with Gasteiger partial charge >= 0.3 is 0 Å². The van der Waals surface area contributed by atoms with Crippen LogP contribution in [0.4, 0.5) is 5.69 Å². The van der Waals surface area contributed by atoms with Gasteiger partial charge in [0.15, 0.2) is 5.11 Å². The van der Waals surface area contributed by atoms with Gasteiger partial charge in [0.05, 0.1) is 21.5 Å². The van der Waals surface area contributed by atoms with Crippen LogP contribution in [0.1, 0.15) is 11.1 Å². The summed E-state index contributed by atoms with van der Waals surface area (Å²) in [5.74, 6) is 0.933. The Morgan fingerprint density at radius 3 is 2.64 bits per heavy atom. The lowest BCUT2D eigenvalue weighted by molar-refractivity contribution is -0.119. The Bertz CT molecular complexity index is 771. The van der Waals surface area contributed by atoms with Crippen LogP contribution in [0.2, 0.25) is 10.0 Å². The Hall–Kier alpha value is -1.47. The summed E-state index contributed by atoms with van der Waals surface area (Å²) in [7, 11) is 0. The Kier molecular flexibility index (Phi) is 7.84. The third-order valence-electron chi connectivity index (χ3n) is 3.27. The lowest BCUT2D eigenvalue weighted by Crippen LogP contribution is -2.44. The molecule has 0 bridgehead atoms. The van der Waals surface area contributed by atoms with Crippen molar-refractivity contribution in [3.05, 3.63) is 63.6 Å². The monoisotopic (exact) mass is 413 g/mol. The van der Waals surface area contributed by atoms with Crippen LogP contribution >= 0.6 is 47.2 Å². The summed E-state index contributed by atoms with van der Waals surface area (Å²) in [6.07, 6.45) is 0. The molecule has 0 atom stereocenters. The lowest BCUT2D eigenvalue weighted by atomic mass is 10.1. The summed E-state index contributed by atoms with van der Waals surface area (Å²) >= 11 is 18.7. The molecular formula is C17H17Cl2N3OS2. The first-order valence-electron chi connectivity index (χ1n) is 7.39. The molecule has 0 aromatic heterocycles. The number of hydrogen-bond acceptors (Lipinski definition) is 3. The molecule has 2 aromatic carbocycles. The molecule has 0 radical (unpaired) electrons. The zero-order valence-electron chi connectivity index (χ0n) is 13.4. The molecule has 2 aromatic rings. The number of anilines is 1. The molecule has 3 N–H and O–H groups in total. The standard InChI is InChI=1S/C17H17Cl2N3OS2/c1-11-5-2-3-6-12(11)9-25-10-15(23)21-22-17(24)20-14-8-4-7-13(18)16(14)19/h2-8H,9-10H2,1H3,(H,21,23)(H2,20,22,24). The van der Waals surface area contributed by atoms with Gasteiger partial charge in [-0.1, -0.05) is 53.5 Å². The molecule has 0 aliphatic rings. The Morgan fingerprint density at radius 2 is 1.88 bits per heavy atom. The second-order valence-electron chi connectivity index (χ2n) is 5.15. The van der Waals surface area contributed by atoms with Crippen molar-refractivity contribution in [1.82, 2.24) is 10.9 Å². The molecule has 4 nitrogen and oxygen atoms in total. The lowest BCUT2D eigenvalue weighted by Gasteiger charge is -2.13. The summed E-state index contributed by atoms with van der Waals surface area (Å²) in [4.78, 5) is 11.9. The maximum atomic E-state index is 11.9. The van der Waals surface area contributed by atoms with Gasteiger partial charge in [0, 0.05) is 5.75 Å². The van der Waals surface area contributed by atoms with Gasteiger partial charge in [0.1, 0.15) is 0 Å². The fourth-order valence-corrected chi connectivity index (χ4v) is 3.35. The van der Waals surface area contributed by atoms with Crippen LogP contribution in [0.25, 0.3) is 0 Å². The van der Waals surface area contributed by atoms with Crippen molar-refractivity contribution in [2.24, 2.45) is 0 Å². The van der Waals surface area contributed by atoms with E-state index in [2.05, 4.69) is 35.2 Å². The summed E-state index contributed by atoms with van der Waals surface area (Å²) in [5, 5.41) is 3.89. The first-order valence-corrected chi connectivity index (χ1v) is 9.71. The van der Waals surface area contributed by atoms with Crippen LogP contribution in [0.5, 0.6) is 0 Å². The number of nitrogens with one attached hydrogen (secondary N) is 3. The summed E-state index contributed by atoms with van der Waals surface area (Å²) in [6.45, 7) is 2.06. The molecule has 0 unspecified atom stereocenters. The number of benzene rings is 2. The van der Waals surface area contributed by atoms with Crippen molar-refractivity contribution in [2.45, 2.75) is 12.7 Å². The molecule has 25 heavy (non-hydrogen) atoms. The third kappa shape index (κ3) is 6.40. The number of halogens is 2. The number of hydrogen-bond donors (Lipinski definition) is 3. The highest BCUT2D eigenvalue weighted by atomic mass is 35.5. The maximum Gasteiger partial charge on any atom is 0.248 e. The molecule has 0 heterocycles. The van der Waals surface area contributed by atoms with Crippen LogP contribution in [-0.2, 0) is 10.5 Å². The van der Waals surface area contributed by atoms with Crippen LogP contribution in [0.15, 0.2) is 42.5 Å². The number of aryl methyl sites for hydroxylation is 1. The quantitative estimate of drug-likeness (QED) is 0.495. The molecule has 2 rings (SSSR count). The van der Waals surface area contributed by atoms with Gasteiger partial charge in [-0.25, -0.2) is 0 Å². The number of carbonyl (C=O) groups excluding carboxylic acids is 1. The van der Waals surface area contributed by atoms with Gasteiger partial charge in [0.25, 0.3) is 0 Å². The van der Waals surface area contributed by atoms with Crippen molar-refractivity contribution in [2.75, 3.05) is 11.1 Å². The number of amides is 1. The minimum Gasteiger partial charge on any atom is -0.330 e. The molecule has 0 aliphatic heterocycles. The minimum atomic E-state index is -0.167. The number of carbonyl (C=O) groups is 1. The van der Waals surface area contributed by atoms with E-state index in [4.69, 9.17) is 35.4 Å². The van der Waals surface area contributed by atoms with Crippen molar-refractivity contribution < 1.29 is 4.79 Å². The predicted molar refractivity (Wildman–Crippen MR) is 111 cm³/mol. The van der Waals surface area contributed by atoms with E-state index in [0.717, 1.165) is 5.75 Å². The average molecular weight is 414 g/mol. The zero-order chi connectivity index (χ0) is 18.2. The van der Waals surface area contributed by atoms with Gasteiger partial charge in [-0.15, -0.1) is 11.8 Å². The molecule has 1 amide bonds. The van der Waals surface area contributed by atoms with E-state index in [1.165, 1.54) is 22.9 Å². The van der Waals surface area contributed by atoms with Crippen LogP contribution in [0, 0.1) is 6.92 Å². The van der Waals surface area contributed by atoms with Crippen molar-refractivity contribution >= 4 is 63.9 Å². The number of thioether (sulfide) groups is 1. The van der Waals surface area contributed by atoms with Gasteiger partial charge in [0.2, 0.25) is 5.91 Å². The largest absolute Gasteiger partial charge is 0.330 e. The highest BCUT2D eigenvalue weighted by Crippen LogP contribution is 2.29. The Labute approximate surface area is 166 Å². The van der Waals surface area contributed by atoms with E-state index in [9.17, 15) is 4.79 Å². The number of hydrazine groups is 1. The second kappa shape index (κ2) is 9.87. The van der Waals surface area contributed by atoms with Crippen LogP contribution in [0.3, 0.4) is 0 Å². The second-order valence-corrected chi connectivity index (χ2v) is 7.33. The van der Waals surface area contributed by atoms with Gasteiger partial charge < -0.3 is 5.32 Å². The molecular weight excluding hydrogens is 397 g/mol. The van der Waals surface area contributed by atoms with Gasteiger partial charge in [-0.3, -0.25) is 15.6 Å². The fourth-order valence-electron chi connectivity index (χ4n) is 1.94. The average Bonchev–Trinajstić information content (AvgIpc) is 2.59. The number of thiocarbonyl (C=S) groups is 1. The van der Waals surface area contributed by atoms with E-state index in [0.29, 0.717) is 21.5 Å². The SMILES string of the molecule is Cc1ccccc1CSCC(=O)NNC(=S)Nc1cccc(Cl)c1Cl. The van der Waals surface area contributed by atoms with Crippen LogP contribution < -0.4 is 16.2 Å². The Balaban J connectivity index is 1.71. The summed E-state index contributed by atoms with van der Waals surface area (Å²) < 4.78 is 0. The molecule has 0 spiro atoms. The topological polar surface area (TPSA) is 53.2 Å². The molecule has 0 aliphatic carbocycles. The van der Waals surface area contributed by atoms with Crippen molar-refractivity contribution in [1.29, 1.82) is 0 Å². The van der Waals surface area contributed by atoms with Crippen molar-refractivity contribution in [3.8, 4) is 0 Å². The smallest absolute Gasteiger partial charge is 0.248 e. The van der Waals surface area contributed by atoms with Crippen molar-refractivity contribution in [3.63, 3.8) is 0 Å². The van der Waals surface area contributed by atoms with E-state index < -0.39 is 0 Å². The first-order chi connectivity index (χ1) is 12.0. The van der Waals surface area contributed by atoms with Gasteiger partial charge in [-0.2, -0.15) is 0 Å². The van der Waals surface area contributed by atoms with E-state index in [1.807, 2.05) is 12.1 Å². The summed E-state index contributed by atoms with van der Waals surface area (Å²) in [5.41, 5.74) is 8.20. The molecule has 0 saturated carbocycles. The van der Waals surface area contributed by atoms with E-state index >= 15 is 0 Å².